The van der Waals surface area contributed by atoms with Crippen molar-refractivity contribution in [1.82, 2.24) is 4.90 Å². The number of hydrogen-bond donors (Lipinski definition) is 1. The predicted octanol–water partition coefficient (Wildman–Crippen LogP) is 2.48. The van der Waals surface area contributed by atoms with Crippen LogP contribution in [0.4, 0.5) is 4.79 Å². The number of aliphatic hydroxyl groups is 1. The maximum Gasteiger partial charge on any atom is 0.410 e. The van der Waals surface area contributed by atoms with Gasteiger partial charge in [0.2, 0.25) is 0 Å². The van der Waals surface area contributed by atoms with E-state index >= 15 is 0 Å². The lowest BCUT2D eigenvalue weighted by Gasteiger charge is -2.38. The number of carbonyl (C=O) groups excluding carboxylic acids is 2. The zero-order chi connectivity index (χ0) is 17.1. The molecule has 1 rings (SSSR count). The highest BCUT2D eigenvalue weighted by Gasteiger charge is 2.35. The fourth-order valence-electron chi connectivity index (χ4n) is 2.36. The van der Waals surface area contributed by atoms with Crippen LogP contribution < -0.4 is 0 Å². The van der Waals surface area contributed by atoms with E-state index in [2.05, 4.69) is 0 Å². The van der Waals surface area contributed by atoms with Crippen LogP contribution in [0.5, 0.6) is 0 Å². The number of ether oxygens (including phenoxy) is 2. The highest BCUT2D eigenvalue weighted by molar-refractivity contribution is 5.73. The molecule has 0 aromatic heterocycles. The van der Waals surface area contributed by atoms with Gasteiger partial charge in [0.05, 0.1) is 12.5 Å². The molecular formula is C16H29NO5. The van der Waals surface area contributed by atoms with E-state index in [4.69, 9.17) is 9.47 Å². The summed E-state index contributed by atoms with van der Waals surface area (Å²) in [5.74, 6) is -0.375. The quantitative estimate of drug-likeness (QED) is 0.792. The first-order valence-corrected chi connectivity index (χ1v) is 7.77. The zero-order valence-corrected chi connectivity index (χ0v) is 14.5. The monoisotopic (exact) mass is 315 g/mol. The molecule has 1 fully saturated rings. The van der Waals surface area contributed by atoms with Crippen molar-refractivity contribution in [1.29, 1.82) is 0 Å². The van der Waals surface area contributed by atoms with Gasteiger partial charge in [-0.05, 0) is 54.4 Å². The molecular weight excluding hydrogens is 286 g/mol. The van der Waals surface area contributed by atoms with E-state index in [-0.39, 0.29) is 12.4 Å². The molecule has 0 aromatic rings. The van der Waals surface area contributed by atoms with Crippen molar-refractivity contribution in [3.05, 3.63) is 0 Å². The third kappa shape index (κ3) is 6.64. The predicted molar refractivity (Wildman–Crippen MR) is 82.4 cm³/mol. The molecule has 6 nitrogen and oxygen atoms in total. The van der Waals surface area contributed by atoms with Crippen LogP contribution in [0.15, 0.2) is 0 Å². The van der Waals surface area contributed by atoms with Gasteiger partial charge in [-0.15, -0.1) is 0 Å². The van der Waals surface area contributed by atoms with Gasteiger partial charge in [-0.25, -0.2) is 4.79 Å². The van der Waals surface area contributed by atoms with Gasteiger partial charge in [-0.2, -0.15) is 0 Å². The van der Waals surface area contributed by atoms with E-state index in [1.165, 1.54) is 4.90 Å². The van der Waals surface area contributed by atoms with Crippen molar-refractivity contribution in [3.8, 4) is 0 Å². The molecule has 6 heteroatoms. The van der Waals surface area contributed by atoms with Gasteiger partial charge in [0, 0.05) is 12.6 Å². The number of hydrogen-bond acceptors (Lipinski definition) is 5. The van der Waals surface area contributed by atoms with E-state index in [1.807, 2.05) is 0 Å². The molecule has 1 heterocycles. The molecule has 0 radical (unpaired) electrons. The minimum atomic E-state index is -0.594. The highest BCUT2D eigenvalue weighted by atomic mass is 16.6. The van der Waals surface area contributed by atoms with Gasteiger partial charge >= 0.3 is 12.1 Å². The second-order valence-corrected chi connectivity index (χ2v) is 7.80. The Morgan fingerprint density at radius 2 is 1.64 bits per heavy atom. The molecule has 1 aliphatic rings. The van der Waals surface area contributed by atoms with Crippen LogP contribution in [0.25, 0.3) is 0 Å². The SMILES string of the molecule is CC(C)(C)OC(=O)CC1CC(O)CCN1C(=O)OC(C)(C)C. The summed E-state index contributed by atoms with van der Waals surface area (Å²) >= 11 is 0. The summed E-state index contributed by atoms with van der Waals surface area (Å²) in [5, 5.41) is 9.83. The molecule has 0 saturated carbocycles. The minimum absolute atomic E-state index is 0.0631. The van der Waals surface area contributed by atoms with E-state index in [1.54, 1.807) is 41.5 Å². The normalized spacial score (nSPS) is 23.1. The van der Waals surface area contributed by atoms with Gasteiger partial charge in [-0.1, -0.05) is 0 Å². The molecule has 0 spiro atoms. The molecule has 0 aromatic carbocycles. The van der Waals surface area contributed by atoms with E-state index in [0.29, 0.717) is 19.4 Å². The van der Waals surface area contributed by atoms with Crippen molar-refractivity contribution < 1.29 is 24.2 Å². The number of aliphatic hydroxyl groups excluding tert-OH is 1. The van der Waals surface area contributed by atoms with Gasteiger partial charge < -0.3 is 19.5 Å². The first kappa shape index (κ1) is 18.7. The Labute approximate surface area is 132 Å². The lowest BCUT2D eigenvalue weighted by molar-refractivity contribution is -0.156. The standard InChI is InChI=1S/C16H29NO5/c1-15(2,3)21-13(19)10-11-9-12(18)7-8-17(11)14(20)22-16(4,5)6/h11-12,18H,7-10H2,1-6H3. The van der Waals surface area contributed by atoms with Crippen LogP contribution in [0, 0.1) is 0 Å². The lowest BCUT2D eigenvalue weighted by Crippen LogP contribution is -2.50. The summed E-state index contributed by atoms with van der Waals surface area (Å²) in [6.45, 7) is 11.2. The molecule has 1 saturated heterocycles. The summed E-state index contributed by atoms with van der Waals surface area (Å²) in [7, 11) is 0. The van der Waals surface area contributed by atoms with Crippen LogP contribution in [-0.2, 0) is 14.3 Å². The summed E-state index contributed by atoms with van der Waals surface area (Å²) in [5.41, 5.74) is -1.16. The topological polar surface area (TPSA) is 76.1 Å². The summed E-state index contributed by atoms with van der Waals surface area (Å²) in [6.07, 6.45) is -0.0464. The van der Waals surface area contributed by atoms with Crippen molar-refractivity contribution in [2.75, 3.05) is 6.54 Å². The summed E-state index contributed by atoms with van der Waals surface area (Å²) in [6, 6.07) is -0.395. The van der Waals surface area contributed by atoms with Crippen molar-refractivity contribution in [2.45, 2.75) is 84.2 Å². The molecule has 2 unspecified atom stereocenters. The molecule has 128 valence electrons. The molecule has 1 N–H and O–H groups in total. The second kappa shape index (κ2) is 6.86. The maximum absolute atomic E-state index is 12.3. The molecule has 1 amide bonds. The Kier molecular flexibility index (Phi) is 5.84. The van der Waals surface area contributed by atoms with Gasteiger partial charge in [0.15, 0.2) is 0 Å². The average Bonchev–Trinajstić information content (AvgIpc) is 2.23. The van der Waals surface area contributed by atoms with Crippen LogP contribution in [0.3, 0.4) is 0 Å². The van der Waals surface area contributed by atoms with Gasteiger partial charge in [0.1, 0.15) is 11.2 Å². The Morgan fingerprint density at radius 1 is 1.09 bits per heavy atom. The molecule has 2 atom stereocenters. The average molecular weight is 315 g/mol. The second-order valence-electron chi connectivity index (χ2n) is 7.80. The van der Waals surface area contributed by atoms with Crippen molar-refractivity contribution >= 4 is 12.1 Å². The molecule has 0 bridgehead atoms. The van der Waals surface area contributed by atoms with Crippen molar-refractivity contribution in [2.24, 2.45) is 0 Å². The fraction of sp³-hybridized carbons (Fsp3) is 0.875. The van der Waals surface area contributed by atoms with Gasteiger partial charge in [-0.3, -0.25) is 4.79 Å². The molecule has 0 aliphatic carbocycles. The first-order chi connectivity index (χ1) is 9.87. The number of esters is 1. The minimum Gasteiger partial charge on any atom is -0.460 e. The van der Waals surface area contributed by atoms with Crippen LogP contribution in [-0.4, -0.2) is 52.0 Å². The number of carbonyl (C=O) groups is 2. The first-order valence-electron chi connectivity index (χ1n) is 7.77. The van der Waals surface area contributed by atoms with Crippen LogP contribution in [0.2, 0.25) is 0 Å². The van der Waals surface area contributed by atoms with E-state index in [0.717, 1.165) is 0 Å². The smallest absolute Gasteiger partial charge is 0.410 e. The number of nitrogens with zero attached hydrogens (tertiary/aromatic N) is 1. The van der Waals surface area contributed by atoms with Crippen molar-refractivity contribution in [3.63, 3.8) is 0 Å². The fourth-order valence-corrected chi connectivity index (χ4v) is 2.36. The van der Waals surface area contributed by atoms with Crippen LogP contribution >= 0.6 is 0 Å². The highest BCUT2D eigenvalue weighted by Crippen LogP contribution is 2.24. The third-order valence-electron chi connectivity index (χ3n) is 3.14. The van der Waals surface area contributed by atoms with Crippen LogP contribution in [0.1, 0.15) is 60.8 Å². The zero-order valence-electron chi connectivity index (χ0n) is 14.5. The Hall–Kier alpha value is -1.30. The Bertz CT molecular complexity index is 408. The Morgan fingerprint density at radius 3 is 2.14 bits per heavy atom. The third-order valence-corrected chi connectivity index (χ3v) is 3.14. The number of amides is 1. The van der Waals surface area contributed by atoms with E-state index in [9.17, 15) is 14.7 Å². The number of rotatable bonds is 2. The largest absolute Gasteiger partial charge is 0.460 e. The van der Waals surface area contributed by atoms with Gasteiger partial charge in [0.25, 0.3) is 0 Å². The lowest BCUT2D eigenvalue weighted by atomic mass is 9.97. The summed E-state index contributed by atoms with van der Waals surface area (Å²) in [4.78, 5) is 25.8. The number of piperidine rings is 1. The molecule has 22 heavy (non-hydrogen) atoms. The maximum atomic E-state index is 12.3. The number of likely N-dealkylation sites (tertiary alicyclic amines) is 1. The van der Waals surface area contributed by atoms with E-state index < -0.39 is 29.4 Å². The summed E-state index contributed by atoms with van der Waals surface area (Å²) < 4.78 is 10.7. The Balaban J connectivity index is 2.73. The molecule has 1 aliphatic heterocycles.